The van der Waals surface area contributed by atoms with E-state index in [-0.39, 0.29) is 16.9 Å². The van der Waals surface area contributed by atoms with Crippen molar-refractivity contribution in [3.63, 3.8) is 0 Å². The molecule has 1 aromatic heterocycles. The number of thioether (sulfide) groups is 1. The lowest BCUT2D eigenvalue weighted by molar-refractivity contribution is -0.117. The molecule has 120 valence electrons. The molecule has 0 aliphatic carbocycles. The Labute approximate surface area is 139 Å². The van der Waals surface area contributed by atoms with Crippen molar-refractivity contribution in [1.82, 2.24) is 9.55 Å². The number of hydrogen-bond acceptors (Lipinski definition) is 4. The number of rotatable bonds is 4. The van der Waals surface area contributed by atoms with Gasteiger partial charge in [0.2, 0.25) is 5.91 Å². The van der Waals surface area contributed by atoms with E-state index in [1.165, 1.54) is 11.8 Å². The van der Waals surface area contributed by atoms with Crippen molar-refractivity contribution < 1.29 is 9.59 Å². The molecule has 1 atom stereocenters. The maximum atomic E-state index is 12.2. The summed E-state index contributed by atoms with van der Waals surface area (Å²) in [5, 5.41) is 0.107. The van der Waals surface area contributed by atoms with Gasteiger partial charge in [-0.2, -0.15) is 0 Å². The van der Waals surface area contributed by atoms with Crippen LogP contribution >= 0.6 is 11.8 Å². The molecule has 6 heteroatoms. The number of carbonyl (C=O) groups is 2. The maximum Gasteiger partial charge on any atom is 0.227 e. The summed E-state index contributed by atoms with van der Waals surface area (Å²) in [6, 6.07) is 7.92. The van der Waals surface area contributed by atoms with Gasteiger partial charge in [0.15, 0.2) is 5.12 Å². The fraction of sp³-hybridized carbons (Fsp3) is 0.353. The van der Waals surface area contributed by atoms with E-state index in [2.05, 4.69) is 4.98 Å². The molecule has 5 nitrogen and oxygen atoms in total. The van der Waals surface area contributed by atoms with Gasteiger partial charge in [0.1, 0.15) is 5.82 Å². The molecule has 2 heterocycles. The molecule has 3 rings (SSSR count). The van der Waals surface area contributed by atoms with Gasteiger partial charge in [-0.05, 0) is 37.1 Å². The summed E-state index contributed by atoms with van der Waals surface area (Å²) in [6.07, 6.45) is 4.20. The standard InChI is InChI=1S/C17H19N3O2S/c1-12-18-7-8-19(12)15-3-5-16(6-4-15)20-10-14(9-17(20)22)11-23-13(2)21/h3-8,14H,9-11H2,1-2H3. The minimum absolute atomic E-state index is 0.107. The van der Waals surface area contributed by atoms with Crippen molar-refractivity contribution in [3.8, 4) is 5.69 Å². The Morgan fingerprint density at radius 3 is 2.61 bits per heavy atom. The molecule has 0 bridgehead atoms. The van der Waals surface area contributed by atoms with Crippen molar-refractivity contribution in [2.24, 2.45) is 5.92 Å². The van der Waals surface area contributed by atoms with Crippen molar-refractivity contribution in [2.75, 3.05) is 17.2 Å². The fourth-order valence-corrected chi connectivity index (χ4v) is 3.52. The molecular formula is C17H19N3O2S. The molecule has 1 saturated heterocycles. The number of aromatic nitrogens is 2. The number of amides is 1. The molecule has 1 amide bonds. The molecular weight excluding hydrogens is 310 g/mol. The number of anilines is 1. The smallest absolute Gasteiger partial charge is 0.227 e. The van der Waals surface area contributed by atoms with Gasteiger partial charge in [-0.25, -0.2) is 4.98 Å². The third-order valence-electron chi connectivity index (χ3n) is 3.99. The van der Waals surface area contributed by atoms with Crippen LogP contribution in [-0.4, -0.2) is 32.9 Å². The van der Waals surface area contributed by atoms with Gasteiger partial charge in [0.05, 0.1) is 0 Å². The fourth-order valence-electron chi connectivity index (χ4n) is 2.82. The zero-order chi connectivity index (χ0) is 16.4. The minimum atomic E-state index is 0.107. The van der Waals surface area contributed by atoms with Crippen LogP contribution in [0.15, 0.2) is 36.7 Å². The summed E-state index contributed by atoms with van der Waals surface area (Å²) in [5.41, 5.74) is 1.94. The Balaban J connectivity index is 1.71. The number of aryl methyl sites for hydroxylation is 1. The Bertz CT molecular complexity index is 724. The molecule has 1 unspecified atom stereocenters. The first-order valence-electron chi connectivity index (χ1n) is 7.58. The lowest BCUT2D eigenvalue weighted by atomic mass is 10.1. The SMILES string of the molecule is CC(=O)SCC1CC(=O)N(c2ccc(-n3ccnc3C)cc2)C1. The second kappa shape index (κ2) is 6.58. The topological polar surface area (TPSA) is 55.2 Å². The molecule has 1 fully saturated rings. The summed E-state index contributed by atoms with van der Waals surface area (Å²) in [7, 11) is 0. The number of hydrogen-bond donors (Lipinski definition) is 0. The maximum absolute atomic E-state index is 12.2. The molecule has 0 saturated carbocycles. The lowest BCUT2D eigenvalue weighted by Crippen LogP contribution is -2.24. The van der Waals surface area contributed by atoms with Crippen molar-refractivity contribution in [2.45, 2.75) is 20.3 Å². The van der Waals surface area contributed by atoms with Gasteiger partial charge in [-0.15, -0.1) is 0 Å². The van der Waals surface area contributed by atoms with Crippen LogP contribution in [0.4, 0.5) is 5.69 Å². The van der Waals surface area contributed by atoms with Crippen molar-refractivity contribution in [3.05, 3.63) is 42.5 Å². The summed E-state index contributed by atoms with van der Waals surface area (Å²) < 4.78 is 2.00. The van der Waals surface area contributed by atoms with Crippen LogP contribution in [0.2, 0.25) is 0 Å². The molecule has 23 heavy (non-hydrogen) atoms. The van der Waals surface area contributed by atoms with Crippen LogP contribution in [-0.2, 0) is 9.59 Å². The minimum Gasteiger partial charge on any atom is -0.312 e. The highest BCUT2D eigenvalue weighted by Gasteiger charge is 2.30. The van der Waals surface area contributed by atoms with Gasteiger partial charge in [-0.3, -0.25) is 9.59 Å². The van der Waals surface area contributed by atoms with Crippen LogP contribution in [0, 0.1) is 12.8 Å². The Kier molecular flexibility index (Phi) is 4.52. The van der Waals surface area contributed by atoms with Crippen molar-refractivity contribution in [1.29, 1.82) is 0 Å². The number of benzene rings is 1. The predicted molar refractivity (Wildman–Crippen MR) is 91.9 cm³/mol. The van der Waals surface area contributed by atoms with Crippen LogP contribution in [0.25, 0.3) is 5.69 Å². The molecule has 0 radical (unpaired) electrons. The Morgan fingerprint density at radius 2 is 2.00 bits per heavy atom. The predicted octanol–water partition coefficient (Wildman–Crippen LogP) is 2.81. The normalized spacial score (nSPS) is 17.7. The van der Waals surface area contributed by atoms with Crippen LogP contribution in [0.5, 0.6) is 0 Å². The summed E-state index contributed by atoms with van der Waals surface area (Å²) in [5.74, 6) is 2.01. The van der Waals surface area contributed by atoms with E-state index in [1.807, 2.05) is 46.9 Å². The van der Waals surface area contributed by atoms with E-state index in [1.54, 1.807) is 13.1 Å². The van der Waals surface area contributed by atoms with E-state index in [0.29, 0.717) is 18.7 Å². The molecule has 1 aliphatic rings. The van der Waals surface area contributed by atoms with Crippen LogP contribution < -0.4 is 4.90 Å². The van der Waals surface area contributed by atoms with Gasteiger partial charge in [0, 0.05) is 49.4 Å². The van der Waals surface area contributed by atoms with E-state index in [0.717, 1.165) is 17.2 Å². The summed E-state index contributed by atoms with van der Waals surface area (Å²) in [4.78, 5) is 29.3. The molecule has 2 aromatic rings. The first-order chi connectivity index (χ1) is 11.0. The zero-order valence-corrected chi connectivity index (χ0v) is 14.0. The monoisotopic (exact) mass is 329 g/mol. The van der Waals surface area contributed by atoms with Gasteiger partial charge < -0.3 is 9.47 Å². The first-order valence-corrected chi connectivity index (χ1v) is 8.57. The summed E-state index contributed by atoms with van der Waals surface area (Å²) >= 11 is 1.30. The van der Waals surface area contributed by atoms with Crippen molar-refractivity contribution >= 4 is 28.5 Å². The molecule has 0 N–H and O–H groups in total. The van der Waals surface area contributed by atoms with E-state index < -0.39 is 0 Å². The largest absolute Gasteiger partial charge is 0.312 e. The van der Waals surface area contributed by atoms with Crippen LogP contribution in [0.1, 0.15) is 19.2 Å². The average Bonchev–Trinajstić information content (AvgIpc) is 3.11. The highest BCUT2D eigenvalue weighted by molar-refractivity contribution is 8.13. The highest BCUT2D eigenvalue weighted by atomic mass is 32.2. The number of carbonyl (C=O) groups excluding carboxylic acids is 2. The van der Waals surface area contributed by atoms with E-state index in [4.69, 9.17) is 0 Å². The third kappa shape index (κ3) is 3.47. The van der Waals surface area contributed by atoms with Gasteiger partial charge in [0.25, 0.3) is 0 Å². The van der Waals surface area contributed by atoms with Crippen LogP contribution in [0.3, 0.4) is 0 Å². The summed E-state index contributed by atoms with van der Waals surface area (Å²) in [6.45, 7) is 4.20. The molecule has 0 spiro atoms. The number of nitrogens with zero attached hydrogens (tertiary/aromatic N) is 3. The Hall–Kier alpha value is -2.08. The quantitative estimate of drug-likeness (QED) is 0.865. The van der Waals surface area contributed by atoms with E-state index >= 15 is 0 Å². The van der Waals surface area contributed by atoms with Gasteiger partial charge in [-0.1, -0.05) is 11.8 Å². The molecule has 1 aromatic carbocycles. The third-order valence-corrected chi connectivity index (χ3v) is 5.04. The molecule has 1 aliphatic heterocycles. The second-order valence-corrected chi connectivity index (χ2v) is 6.93. The lowest BCUT2D eigenvalue weighted by Gasteiger charge is -2.17. The Morgan fingerprint density at radius 1 is 1.30 bits per heavy atom. The zero-order valence-electron chi connectivity index (χ0n) is 13.2. The number of imidazole rings is 1. The average molecular weight is 329 g/mol. The van der Waals surface area contributed by atoms with E-state index in [9.17, 15) is 9.59 Å². The first kappa shape index (κ1) is 15.8. The highest BCUT2D eigenvalue weighted by Crippen LogP contribution is 2.28. The second-order valence-electron chi connectivity index (χ2n) is 5.74. The van der Waals surface area contributed by atoms with Gasteiger partial charge >= 0.3 is 0 Å².